The Balaban J connectivity index is 2.63. The van der Waals surface area contributed by atoms with E-state index in [2.05, 4.69) is 5.32 Å². The Hall–Kier alpha value is -2.24. The second-order valence-electron chi connectivity index (χ2n) is 5.30. The Morgan fingerprint density at radius 2 is 2.05 bits per heavy atom. The van der Waals surface area contributed by atoms with Gasteiger partial charge >= 0.3 is 12.0 Å². The summed E-state index contributed by atoms with van der Waals surface area (Å²) in [7, 11) is 1.58. The number of hydrogen-bond acceptors (Lipinski definition) is 3. The van der Waals surface area contributed by atoms with E-state index in [1.54, 1.807) is 14.0 Å². The van der Waals surface area contributed by atoms with Crippen molar-refractivity contribution in [2.24, 2.45) is 5.92 Å². The maximum absolute atomic E-state index is 12.1. The number of carbonyl (C=O) groups excluding carboxylic acids is 1. The second-order valence-corrected chi connectivity index (χ2v) is 5.30. The fourth-order valence-electron chi connectivity index (χ4n) is 1.99. The molecule has 0 fully saturated rings. The molecule has 1 aromatic carbocycles. The predicted octanol–water partition coefficient (Wildman–Crippen LogP) is 2.51. The Morgan fingerprint density at radius 1 is 1.36 bits per heavy atom. The lowest BCUT2D eigenvalue weighted by atomic mass is 10.1. The normalized spacial score (nSPS) is 13.1. The summed E-state index contributed by atoms with van der Waals surface area (Å²) in [5.74, 6) is -0.765. The maximum atomic E-state index is 12.1. The first kappa shape index (κ1) is 17.8. The highest BCUT2D eigenvalue weighted by molar-refractivity contribution is 5.76. The average molecular weight is 308 g/mol. The van der Waals surface area contributed by atoms with Gasteiger partial charge < -0.3 is 20.1 Å². The molecule has 0 aromatic heterocycles. The molecule has 1 aromatic rings. The van der Waals surface area contributed by atoms with Gasteiger partial charge in [0.2, 0.25) is 0 Å². The van der Waals surface area contributed by atoms with Gasteiger partial charge in [0.1, 0.15) is 5.75 Å². The smallest absolute Gasteiger partial charge is 0.317 e. The van der Waals surface area contributed by atoms with Crippen LogP contribution >= 0.6 is 0 Å². The number of benzene rings is 1. The average Bonchev–Trinajstić information content (AvgIpc) is 2.47. The van der Waals surface area contributed by atoms with Crippen molar-refractivity contribution in [3.8, 4) is 5.75 Å². The van der Waals surface area contributed by atoms with Gasteiger partial charge in [-0.3, -0.25) is 4.79 Å². The molecule has 2 N–H and O–H groups in total. The van der Waals surface area contributed by atoms with Crippen LogP contribution in [0.1, 0.15) is 32.4 Å². The molecule has 0 saturated heterocycles. The predicted molar refractivity (Wildman–Crippen MR) is 84.0 cm³/mol. The molecule has 0 spiro atoms. The fraction of sp³-hybridized carbons (Fsp3) is 0.500. The molecular weight excluding hydrogens is 284 g/mol. The number of rotatable bonds is 7. The van der Waals surface area contributed by atoms with Crippen LogP contribution in [-0.4, -0.2) is 42.2 Å². The number of hydrogen-bond donors (Lipinski definition) is 2. The van der Waals surface area contributed by atoms with E-state index < -0.39 is 11.9 Å². The lowest BCUT2D eigenvalue weighted by Crippen LogP contribution is -2.41. The highest BCUT2D eigenvalue weighted by atomic mass is 16.5. The summed E-state index contributed by atoms with van der Waals surface area (Å²) in [4.78, 5) is 24.3. The van der Waals surface area contributed by atoms with Gasteiger partial charge in [-0.15, -0.1) is 0 Å². The van der Waals surface area contributed by atoms with Crippen molar-refractivity contribution in [2.75, 3.05) is 20.2 Å². The summed E-state index contributed by atoms with van der Waals surface area (Å²) in [6.07, 6.45) is 0. The molecule has 2 atom stereocenters. The zero-order valence-corrected chi connectivity index (χ0v) is 13.5. The summed E-state index contributed by atoms with van der Waals surface area (Å²) < 4.78 is 5.44. The number of nitrogens with one attached hydrogen (secondary N) is 1. The van der Waals surface area contributed by atoms with Gasteiger partial charge in [0.05, 0.1) is 18.6 Å². The van der Waals surface area contributed by atoms with Gasteiger partial charge in [-0.05, 0) is 31.5 Å². The molecule has 0 saturated carbocycles. The number of amides is 2. The standard InChI is InChI=1S/C16H24N2O4/c1-5-22-14-8-6-7-13(9-14)12(3)17-16(21)18(4)10-11(2)15(19)20/h6-9,11-12H,5,10H2,1-4H3,(H,17,21)(H,19,20). The van der Waals surface area contributed by atoms with Crippen LogP contribution in [0.2, 0.25) is 0 Å². The van der Waals surface area contributed by atoms with Crippen LogP contribution in [0.25, 0.3) is 0 Å². The molecule has 0 radical (unpaired) electrons. The van der Waals surface area contributed by atoms with Crippen molar-refractivity contribution in [1.82, 2.24) is 10.2 Å². The van der Waals surface area contributed by atoms with E-state index in [1.807, 2.05) is 38.1 Å². The summed E-state index contributed by atoms with van der Waals surface area (Å²) in [6.45, 7) is 6.10. The minimum Gasteiger partial charge on any atom is -0.494 e. The Labute approximate surface area is 131 Å². The minimum absolute atomic E-state index is 0.160. The SMILES string of the molecule is CCOc1cccc(C(C)NC(=O)N(C)CC(C)C(=O)O)c1. The highest BCUT2D eigenvalue weighted by Crippen LogP contribution is 2.19. The van der Waals surface area contributed by atoms with Crippen LogP contribution in [0.5, 0.6) is 5.75 Å². The molecule has 0 aliphatic rings. The number of carbonyl (C=O) groups is 2. The van der Waals surface area contributed by atoms with Gasteiger partial charge in [-0.1, -0.05) is 19.1 Å². The van der Waals surface area contributed by atoms with Crippen molar-refractivity contribution in [1.29, 1.82) is 0 Å². The largest absolute Gasteiger partial charge is 0.494 e. The maximum Gasteiger partial charge on any atom is 0.317 e. The quantitative estimate of drug-likeness (QED) is 0.811. The molecule has 22 heavy (non-hydrogen) atoms. The van der Waals surface area contributed by atoms with E-state index >= 15 is 0 Å². The first-order valence-corrected chi connectivity index (χ1v) is 7.32. The number of carboxylic acids is 1. The fourth-order valence-corrected chi connectivity index (χ4v) is 1.99. The van der Waals surface area contributed by atoms with Crippen molar-refractivity contribution in [2.45, 2.75) is 26.8 Å². The molecule has 0 aliphatic heterocycles. The number of nitrogens with zero attached hydrogens (tertiary/aromatic N) is 1. The van der Waals surface area contributed by atoms with Gasteiger partial charge in [-0.2, -0.15) is 0 Å². The van der Waals surface area contributed by atoms with E-state index in [-0.39, 0.29) is 18.6 Å². The van der Waals surface area contributed by atoms with Gasteiger partial charge in [0, 0.05) is 13.6 Å². The number of carboxylic acid groups (broad SMARTS) is 1. The third-order valence-corrected chi connectivity index (χ3v) is 3.33. The monoisotopic (exact) mass is 308 g/mol. The summed E-state index contributed by atoms with van der Waals surface area (Å²) in [5, 5.41) is 11.7. The molecule has 6 nitrogen and oxygen atoms in total. The van der Waals surface area contributed by atoms with Crippen LogP contribution in [0.15, 0.2) is 24.3 Å². The molecule has 0 aliphatic carbocycles. The molecular formula is C16H24N2O4. The van der Waals surface area contributed by atoms with Gasteiger partial charge in [0.15, 0.2) is 0 Å². The molecule has 2 amide bonds. The van der Waals surface area contributed by atoms with Crippen molar-refractivity contribution in [3.05, 3.63) is 29.8 Å². The van der Waals surface area contributed by atoms with Crippen LogP contribution in [0, 0.1) is 5.92 Å². The Morgan fingerprint density at radius 3 is 2.64 bits per heavy atom. The highest BCUT2D eigenvalue weighted by Gasteiger charge is 2.19. The molecule has 6 heteroatoms. The third-order valence-electron chi connectivity index (χ3n) is 3.33. The molecule has 0 heterocycles. The van der Waals surface area contributed by atoms with E-state index in [0.717, 1.165) is 11.3 Å². The zero-order chi connectivity index (χ0) is 16.7. The van der Waals surface area contributed by atoms with Crippen molar-refractivity contribution in [3.63, 3.8) is 0 Å². The zero-order valence-electron chi connectivity index (χ0n) is 13.5. The van der Waals surface area contributed by atoms with E-state index in [9.17, 15) is 9.59 Å². The minimum atomic E-state index is -0.919. The second kappa shape index (κ2) is 8.26. The van der Waals surface area contributed by atoms with Gasteiger partial charge in [0.25, 0.3) is 0 Å². The lowest BCUT2D eigenvalue weighted by molar-refractivity contribution is -0.141. The third kappa shape index (κ3) is 5.27. The van der Waals surface area contributed by atoms with Crippen molar-refractivity contribution >= 4 is 12.0 Å². The van der Waals surface area contributed by atoms with E-state index in [0.29, 0.717) is 6.61 Å². The summed E-state index contributed by atoms with van der Waals surface area (Å²) in [6, 6.07) is 7.03. The number of urea groups is 1. The molecule has 122 valence electrons. The summed E-state index contributed by atoms with van der Waals surface area (Å²) >= 11 is 0. The lowest BCUT2D eigenvalue weighted by Gasteiger charge is -2.23. The van der Waals surface area contributed by atoms with Crippen LogP contribution in [0.3, 0.4) is 0 Å². The van der Waals surface area contributed by atoms with Crippen LogP contribution in [0.4, 0.5) is 4.79 Å². The van der Waals surface area contributed by atoms with Gasteiger partial charge in [-0.25, -0.2) is 4.79 Å². The molecule has 2 unspecified atom stereocenters. The van der Waals surface area contributed by atoms with E-state index in [4.69, 9.17) is 9.84 Å². The summed E-state index contributed by atoms with van der Waals surface area (Å²) in [5.41, 5.74) is 0.930. The topological polar surface area (TPSA) is 78.9 Å². The Bertz CT molecular complexity index is 519. The van der Waals surface area contributed by atoms with E-state index in [1.165, 1.54) is 4.90 Å². The number of ether oxygens (including phenoxy) is 1. The molecule has 0 bridgehead atoms. The molecule has 1 rings (SSSR count). The number of aliphatic carboxylic acids is 1. The van der Waals surface area contributed by atoms with Crippen LogP contribution < -0.4 is 10.1 Å². The first-order valence-electron chi connectivity index (χ1n) is 7.32. The van der Waals surface area contributed by atoms with Crippen LogP contribution in [-0.2, 0) is 4.79 Å². The Kier molecular flexibility index (Phi) is 6.69. The first-order chi connectivity index (χ1) is 10.3. The van der Waals surface area contributed by atoms with Crippen molar-refractivity contribution < 1.29 is 19.4 Å².